The smallest absolute Gasteiger partial charge is 0.337 e. The van der Waals surface area contributed by atoms with Crippen LogP contribution >= 0.6 is 15.9 Å². The minimum Gasteiger partial charge on any atom is -0.494 e. The second kappa shape index (κ2) is 11.2. The number of aromatic carboxylic acids is 1. The van der Waals surface area contributed by atoms with Gasteiger partial charge in [0, 0.05) is 16.5 Å². The maximum atomic E-state index is 12.5. The summed E-state index contributed by atoms with van der Waals surface area (Å²) in [6.07, 6.45) is 1.68. The molecule has 0 heterocycles. The Morgan fingerprint density at radius 3 is 2.62 bits per heavy atom. The highest BCUT2D eigenvalue weighted by Crippen LogP contribution is 2.22. The first-order chi connectivity index (χ1) is 13.9. The molecule has 2 rings (SSSR count). The monoisotopic (exact) mass is 463 g/mol. The average Bonchev–Trinajstić information content (AvgIpc) is 2.69. The van der Waals surface area contributed by atoms with Crippen LogP contribution in [0.2, 0.25) is 0 Å². The zero-order valence-electron chi connectivity index (χ0n) is 15.9. The molecule has 7 nitrogen and oxygen atoms in total. The topological polar surface area (TPSA) is 102 Å². The van der Waals surface area contributed by atoms with Gasteiger partial charge >= 0.3 is 11.9 Å². The van der Waals surface area contributed by atoms with Crippen molar-refractivity contribution in [3.63, 3.8) is 0 Å². The van der Waals surface area contributed by atoms with Gasteiger partial charge in [-0.1, -0.05) is 22.0 Å². The number of nitrogens with one attached hydrogen (secondary N) is 1. The van der Waals surface area contributed by atoms with Crippen molar-refractivity contribution in [2.45, 2.75) is 26.2 Å². The summed E-state index contributed by atoms with van der Waals surface area (Å²) in [4.78, 5) is 35.2. The summed E-state index contributed by atoms with van der Waals surface area (Å²) in [6, 6.07) is 11.2. The van der Waals surface area contributed by atoms with Crippen molar-refractivity contribution >= 4 is 39.5 Å². The molecule has 0 aromatic heterocycles. The number of benzene rings is 2. The Balaban J connectivity index is 1.93. The SMILES string of the molecule is CCOC(=O)CCCCOc1cccc(C(=O)Nc2ccc(Br)cc2C(=O)O)c1. The highest BCUT2D eigenvalue weighted by molar-refractivity contribution is 9.10. The van der Waals surface area contributed by atoms with Gasteiger partial charge in [0.2, 0.25) is 0 Å². The molecule has 0 aliphatic rings. The van der Waals surface area contributed by atoms with E-state index < -0.39 is 11.9 Å². The fourth-order valence-electron chi connectivity index (χ4n) is 2.52. The summed E-state index contributed by atoms with van der Waals surface area (Å²) in [6.45, 7) is 2.54. The van der Waals surface area contributed by atoms with Gasteiger partial charge in [0.05, 0.1) is 24.5 Å². The van der Waals surface area contributed by atoms with Crippen LogP contribution in [0, 0.1) is 0 Å². The lowest BCUT2D eigenvalue weighted by Gasteiger charge is -2.11. The number of halogens is 1. The van der Waals surface area contributed by atoms with E-state index in [1.54, 1.807) is 37.3 Å². The molecular weight excluding hydrogens is 442 g/mol. The minimum absolute atomic E-state index is 0.0123. The first-order valence-electron chi connectivity index (χ1n) is 9.13. The molecule has 8 heteroatoms. The van der Waals surface area contributed by atoms with Crippen LogP contribution in [0.15, 0.2) is 46.9 Å². The minimum atomic E-state index is -1.14. The molecule has 1 amide bonds. The van der Waals surface area contributed by atoms with E-state index in [1.165, 1.54) is 12.1 Å². The van der Waals surface area contributed by atoms with E-state index in [0.29, 0.717) is 48.3 Å². The molecule has 29 heavy (non-hydrogen) atoms. The molecule has 0 aliphatic carbocycles. The van der Waals surface area contributed by atoms with Gasteiger partial charge in [-0.15, -0.1) is 0 Å². The van der Waals surface area contributed by atoms with Crippen LogP contribution in [0.3, 0.4) is 0 Å². The van der Waals surface area contributed by atoms with E-state index >= 15 is 0 Å². The lowest BCUT2D eigenvalue weighted by atomic mass is 10.1. The molecule has 154 valence electrons. The van der Waals surface area contributed by atoms with Gasteiger partial charge in [-0.3, -0.25) is 9.59 Å². The predicted octanol–water partition coefficient (Wildman–Crippen LogP) is 4.51. The van der Waals surface area contributed by atoms with E-state index in [2.05, 4.69) is 21.2 Å². The number of anilines is 1. The molecule has 2 N–H and O–H groups in total. The third kappa shape index (κ3) is 7.23. The number of unbranched alkanes of at least 4 members (excludes halogenated alkanes) is 1. The molecule has 2 aromatic rings. The van der Waals surface area contributed by atoms with Crippen LogP contribution in [0.4, 0.5) is 5.69 Å². The van der Waals surface area contributed by atoms with Crippen LogP contribution in [0.25, 0.3) is 0 Å². The Labute approximate surface area is 177 Å². The Hall–Kier alpha value is -2.87. The number of carbonyl (C=O) groups excluding carboxylic acids is 2. The maximum Gasteiger partial charge on any atom is 0.337 e. The molecule has 0 bridgehead atoms. The average molecular weight is 464 g/mol. The van der Waals surface area contributed by atoms with Gasteiger partial charge in [-0.2, -0.15) is 0 Å². The van der Waals surface area contributed by atoms with E-state index in [1.807, 2.05) is 0 Å². The predicted molar refractivity (Wildman–Crippen MR) is 111 cm³/mol. The standard InChI is InChI=1S/C21H22BrNO6/c1-2-28-19(24)8-3-4-11-29-16-7-5-6-14(12-16)20(25)23-18-10-9-15(22)13-17(18)21(26)27/h5-7,9-10,12-13H,2-4,8,11H2,1H3,(H,23,25)(H,26,27). The molecule has 0 aliphatic heterocycles. The fraction of sp³-hybridized carbons (Fsp3) is 0.286. The van der Waals surface area contributed by atoms with Crippen LogP contribution in [0.1, 0.15) is 46.9 Å². The number of esters is 1. The van der Waals surface area contributed by atoms with Gasteiger partial charge in [-0.05, 0) is 56.2 Å². The van der Waals surface area contributed by atoms with Crippen LogP contribution in [-0.2, 0) is 9.53 Å². The lowest BCUT2D eigenvalue weighted by Crippen LogP contribution is -2.15. The van der Waals surface area contributed by atoms with E-state index in [-0.39, 0.29) is 17.2 Å². The summed E-state index contributed by atoms with van der Waals surface area (Å²) in [5, 5.41) is 11.9. The number of amides is 1. The van der Waals surface area contributed by atoms with Crippen molar-refractivity contribution in [3.05, 3.63) is 58.1 Å². The Bertz CT molecular complexity index is 883. The zero-order valence-corrected chi connectivity index (χ0v) is 17.5. The van der Waals surface area contributed by atoms with E-state index in [9.17, 15) is 19.5 Å². The summed E-state index contributed by atoms with van der Waals surface area (Å²) >= 11 is 3.22. The number of hydrogen-bond acceptors (Lipinski definition) is 5. The molecule has 2 aromatic carbocycles. The first kappa shape index (κ1) is 22.4. The molecular formula is C21H22BrNO6. The Morgan fingerprint density at radius 1 is 1.10 bits per heavy atom. The second-order valence-electron chi connectivity index (χ2n) is 6.09. The molecule has 0 atom stereocenters. The van der Waals surface area contributed by atoms with Crippen molar-refractivity contribution in [1.82, 2.24) is 0 Å². The van der Waals surface area contributed by atoms with Crippen LogP contribution < -0.4 is 10.1 Å². The van der Waals surface area contributed by atoms with Crippen LogP contribution in [-0.4, -0.2) is 36.2 Å². The number of hydrogen-bond donors (Lipinski definition) is 2. The fourth-order valence-corrected chi connectivity index (χ4v) is 2.88. The normalized spacial score (nSPS) is 10.3. The molecule has 0 saturated heterocycles. The van der Waals surface area contributed by atoms with Crippen molar-refractivity contribution in [2.24, 2.45) is 0 Å². The molecule has 0 radical (unpaired) electrons. The third-order valence-electron chi connectivity index (χ3n) is 3.91. The van der Waals surface area contributed by atoms with Gasteiger partial charge in [0.15, 0.2) is 0 Å². The number of carboxylic acid groups (broad SMARTS) is 1. The summed E-state index contributed by atoms with van der Waals surface area (Å²) in [5.41, 5.74) is 0.533. The summed E-state index contributed by atoms with van der Waals surface area (Å²) in [7, 11) is 0. The van der Waals surface area contributed by atoms with Crippen LogP contribution in [0.5, 0.6) is 5.75 Å². The zero-order chi connectivity index (χ0) is 21.2. The maximum absolute atomic E-state index is 12.5. The Kier molecular flexibility index (Phi) is 8.67. The number of carbonyl (C=O) groups is 3. The number of ether oxygens (including phenoxy) is 2. The first-order valence-corrected chi connectivity index (χ1v) is 9.92. The summed E-state index contributed by atoms with van der Waals surface area (Å²) < 4.78 is 11.1. The van der Waals surface area contributed by atoms with E-state index in [0.717, 1.165) is 0 Å². The van der Waals surface area contributed by atoms with Crippen molar-refractivity contribution in [3.8, 4) is 5.75 Å². The van der Waals surface area contributed by atoms with Crippen molar-refractivity contribution in [2.75, 3.05) is 18.5 Å². The van der Waals surface area contributed by atoms with Gasteiger partial charge < -0.3 is 19.9 Å². The molecule has 0 fully saturated rings. The van der Waals surface area contributed by atoms with Crippen molar-refractivity contribution < 1.29 is 29.0 Å². The number of carboxylic acids is 1. The highest BCUT2D eigenvalue weighted by atomic mass is 79.9. The molecule has 0 saturated carbocycles. The van der Waals surface area contributed by atoms with Crippen molar-refractivity contribution in [1.29, 1.82) is 0 Å². The van der Waals surface area contributed by atoms with E-state index in [4.69, 9.17) is 9.47 Å². The molecule has 0 unspecified atom stereocenters. The lowest BCUT2D eigenvalue weighted by molar-refractivity contribution is -0.143. The van der Waals surface area contributed by atoms with Gasteiger partial charge in [0.1, 0.15) is 5.75 Å². The Morgan fingerprint density at radius 2 is 1.90 bits per heavy atom. The van der Waals surface area contributed by atoms with Gasteiger partial charge in [-0.25, -0.2) is 4.79 Å². The third-order valence-corrected chi connectivity index (χ3v) is 4.40. The quantitative estimate of drug-likeness (QED) is 0.396. The largest absolute Gasteiger partial charge is 0.494 e. The second-order valence-corrected chi connectivity index (χ2v) is 7.00. The highest BCUT2D eigenvalue weighted by Gasteiger charge is 2.14. The number of rotatable bonds is 10. The summed E-state index contributed by atoms with van der Waals surface area (Å²) in [5.74, 6) is -1.29. The van der Waals surface area contributed by atoms with Gasteiger partial charge in [0.25, 0.3) is 5.91 Å². The molecule has 0 spiro atoms.